The largest absolute Gasteiger partial charge is 0.478 e. The van der Waals surface area contributed by atoms with Crippen LogP contribution in [0.5, 0.6) is 0 Å². The smallest absolute Gasteiger partial charge is 0.351 e. The molecule has 0 aliphatic heterocycles. The van der Waals surface area contributed by atoms with Crippen molar-refractivity contribution in [3.8, 4) is 0 Å². The van der Waals surface area contributed by atoms with E-state index >= 15 is 0 Å². The summed E-state index contributed by atoms with van der Waals surface area (Å²) in [6.45, 7) is 5.14. The molecule has 1 aromatic carbocycles. The van der Waals surface area contributed by atoms with Crippen molar-refractivity contribution < 1.29 is 24.2 Å². The van der Waals surface area contributed by atoms with E-state index in [1.54, 1.807) is 25.7 Å². The highest BCUT2D eigenvalue weighted by Gasteiger charge is 2.53. The maximum absolute atomic E-state index is 11.6. The molecule has 7 heteroatoms. The van der Waals surface area contributed by atoms with Gasteiger partial charge in [-0.05, 0) is 25.7 Å². The second-order valence-electron chi connectivity index (χ2n) is 4.99. The van der Waals surface area contributed by atoms with Gasteiger partial charge in [0, 0.05) is 10.6 Å². The van der Waals surface area contributed by atoms with Gasteiger partial charge in [0.2, 0.25) is 0 Å². The van der Waals surface area contributed by atoms with Crippen molar-refractivity contribution in [2.24, 2.45) is 0 Å². The Morgan fingerprint density at radius 3 is 2.00 bits per heavy atom. The van der Waals surface area contributed by atoms with Crippen molar-refractivity contribution in [3.63, 3.8) is 0 Å². The van der Waals surface area contributed by atoms with Gasteiger partial charge in [-0.25, -0.2) is 9.59 Å². The van der Waals surface area contributed by atoms with Gasteiger partial charge >= 0.3 is 11.9 Å². The number of hydrogen-bond donors (Lipinski definition) is 2. The molecule has 0 radical (unpaired) electrons. The highest BCUT2D eigenvalue weighted by molar-refractivity contribution is 6.70. The fourth-order valence-electron chi connectivity index (χ4n) is 1.67. The zero-order valence-corrected chi connectivity index (χ0v) is 12.6. The summed E-state index contributed by atoms with van der Waals surface area (Å²) in [6.07, 6.45) is 0. The van der Waals surface area contributed by atoms with Gasteiger partial charge in [-0.1, -0.05) is 29.8 Å². The Kier molecular flexibility index (Phi) is 4.39. The predicted molar refractivity (Wildman–Crippen MR) is 72.8 cm³/mol. The Morgan fingerprint density at radius 1 is 1.16 bits per heavy atom. The average molecular weight is 303 g/mol. The molecule has 1 aromatic rings. The lowest BCUT2D eigenvalue weighted by Crippen LogP contribution is -2.52. The first-order chi connectivity index (χ1) is 8.61. The van der Waals surface area contributed by atoms with E-state index in [1.165, 1.54) is 18.2 Å². The number of carbonyl (C=O) groups is 2. The van der Waals surface area contributed by atoms with E-state index in [9.17, 15) is 19.8 Å². The quantitative estimate of drug-likeness (QED) is 0.645. The third-order valence-electron chi connectivity index (χ3n) is 2.31. The molecule has 0 aliphatic rings. The van der Waals surface area contributed by atoms with E-state index < -0.39 is 25.9 Å². The van der Waals surface area contributed by atoms with Crippen LogP contribution in [0.15, 0.2) is 24.3 Å². The number of carboxylic acids is 2. The molecule has 0 aliphatic carbocycles. The molecule has 0 atom stereocenters. The van der Waals surface area contributed by atoms with Gasteiger partial charge in [0.15, 0.2) is 8.32 Å². The van der Waals surface area contributed by atoms with Crippen LogP contribution in [-0.4, -0.2) is 30.5 Å². The fraction of sp³-hybridized carbons (Fsp3) is 0.333. The molecule has 0 fully saturated rings. The van der Waals surface area contributed by atoms with Gasteiger partial charge in [-0.3, -0.25) is 0 Å². The first-order valence-corrected chi connectivity index (χ1v) is 9.32. The van der Waals surface area contributed by atoms with Gasteiger partial charge in [-0.15, -0.1) is 0 Å². The van der Waals surface area contributed by atoms with Crippen molar-refractivity contribution in [2.75, 3.05) is 0 Å². The van der Waals surface area contributed by atoms with E-state index in [-0.39, 0.29) is 10.6 Å². The maximum Gasteiger partial charge on any atom is 0.351 e. The van der Waals surface area contributed by atoms with Crippen LogP contribution in [-0.2, 0) is 19.6 Å². The van der Waals surface area contributed by atoms with Gasteiger partial charge in [0.25, 0.3) is 5.60 Å². The van der Waals surface area contributed by atoms with E-state index in [4.69, 9.17) is 16.0 Å². The summed E-state index contributed by atoms with van der Waals surface area (Å²) in [6, 6.07) is 5.90. The Balaban J connectivity index is 3.55. The Labute approximate surface area is 116 Å². The Morgan fingerprint density at radius 2 is 1.63 bits per heavy atom. The lowest BCUT2D eigenvalue weighted by atomic mass is 9.94. The molecule has 1 rings (SSSR count). The number of aliphatic carboxylic acids is 2. The molecule has 0 amide bonds. The number of hydrogen-bond acceptors (Lipinski definition) is 3. The van der Waals surface area contributed by atoms with Crippen molar-refractivity contribution in [3.05, 3.63) is 34.9 Å². The maximum atomic E-state index is 11.6. The molecule has 19 heavy (non-hydrogen) atoms. The van der Waals surface area contributed by atoms with E-state index in [0.717, 1.165) is 0 Å². The van der Waals surface area contributed by atoms with Crippen LogP contribution in [0.1, 0.15) is 5.56 Å². The minimum absolute atomic E-state index is 0.0468. The number of halogens is 1. The summed E-state index contributed by atoms with van der Waals surface area (Å²) >= 11 is 5.93. The van der Waals surface area contributed by atoms with Crippen molar-refractivity contribution in [2.45, 2.75) is 25.2 Å². The van der Waals surface area contributed by atoms with Crippen LogP contribution in [0.2, 0.25) is 24.7 Å². The minimum Gasteiger partial charge on any atom is -0.478 e. The average Bonchev–Trinajstić information content (AvgIpc) is 2.24. The monoisotopic (exact) mass is 302 g/mol. The normalized spacial score (nSPS) is 12.2. The highest BCUT2D eigenvalue weighted by atomic mass is 35.5. The summed E-state index contributed by atoms with van der Waals surface area (Å²) in [5.41, 5.74) is -2.54. The molecular weight excluding hydrogens is 288 g/mol. The molecule has 0 heterocycles. The molecule has 0 unspecified atom stereocenters. The SMILES string of the molecule is C[Si](C)(C)OC(C(=O)O)(C(=O)O)c1ccccc1Cl. The van der Waals surface area contributed by atoms with Crippen LogP contribution < -0.4 is 0 Å². The highest BCUT2D eigenvalue weighted by Crippen LogP contribution is 2.35. The first kappa shape index (κ1) is 15.7. The topological polar surface area (TPSA) is 83.8 Å². The molecule has 0 bridgehead atoms. The zero-order valence-electron chi connectivity index (χ0n) is 10.8. The third kappa shape index (κ3) is 3.15. The lowest BCUT2D eigenvalue weighted by molar-refractivity contribution is -0.174. The second kappa shape index (κ2) is 5.32. The summed E-state index contributed by atoms with van der Waals surface area (Å²) in [5, 5.41) is 18.8. The van der Waals surface area contributed by atoms with Gasteiger partial charge in [-0.2, -0.15) is 0 Å². The number of carboxylic acid groups (broad SMARTS) is 2. The van der Waals surface area contributed by atoms with Gasteiger partial charge < -0.3 is 14.6 Å². The molecule has 2 N–H and O–H groups in total. The van der Waals surface area contributed by atoms with Crippen molar-refractivity contribution >= 4 is 31.9 Å². The van der Waals surface area contributed by atoms with E-state index in [1.807, 2.05) is 0 Å². The fourth-order valence-corrected chi connectivity index (χ4v) is 3.14. The Bertz CT molecular complexity index is 495. The summed E-state index contributed by atoms with van der Waals surface area (Å²) < 4.78 is 5.47. The molecule has 0 saturated carbocycles. The van der Waals surface area contributed by atoms with Gasteiger partial charge in [0.1, 0.15) is 0 Å². The van der Waals surface area contributed by atoms with Crippen molar-refractivity contribution in [1.29, 1.82) is 0 Å². The molecule has 0 spiro atoms. The summed E-state index contributed by atoms with van der Waals surface area (Å²) in [7, 11) is -2.44. The third-order valence-corrected chi connectivity index (χ3v) is 3.56. The number of rotatable bonds is 5. The van der Waals surface area contributed by atoms with Crippen LogP contribution in [0.4, 0.5) is 0 Å². The molecule has 0 saturated heterocycles. The first-order valence-electron chi connectivity index (χ1n) is 5.53. The lowest BCUT2D eigenvalue weighted by Gasteiger charge is -2.32. The van der Waals surface area contributed by atoms with Gasteiger partial charge in [0.05, 0.1) is 0 Å². The van der Waals surface area contributed by atoms with E-state index in [2.05, 4.69) is 0 Å². The predicted octanol–water partition coefficient (Wildman–Crippen LogP) is 2.56. The molecule has 5 nitrogen and oxygen atoms in total. The molecule has 104 valence electrons. The standard InChI is InChI=1S/C12H15ClO5Si/c1-19(2,3)18-12(10(14)15,11(16)17)8-6-4-5-7-9(8)13/h4-7H,1-3H3,(H,14,15)(H,16,17). The molecule has 0 aromatic heterocycles. The van der Waals surface area contributed by atoms with Crippen LogP contribution in [0.25, 0.3) is 0 Å². The second-order valence-corrected chi connectivity index (χ2v) is 9.82. The summed E-state index contributed by atoms with van der Waals surface area (Å²) in [5.74, 6) is -3.17. The summed E-state index contributed by atoms with van der Waals surface area (Å²) in [4.78, 5) is 23.1. The van der Waals surface area contributed by atoms with Crippen LogP contribution in [0.3, 0.4) is 0 Å². The Hall–Kier alpha value is -1.37. The van der Waals surface area contributed by atoms with Crippen LogP contribution >= 0.6 is 11.6 Å². The van der Waals surface area contributed by atoms with Crippen molar-refractivity contribution in [1.82, 2.24) is 0 Å². The number of benzene rings is 1. The minimum atomic E-state index is -2.47. The zero-order chi connectivity index (χ0) is 14.8. The van der Waals surface area contributed by atoms with E-state index in [0.29, 0.717) is 0 Å². The van der Waals surface area contributed by atoms with Crippen LogP contribution in [0, 0.1) is 0 Å². The molecular formula is C12H15ClO5Si.